The number of rotatable bonds is 17. The molecule has 0 radical (unpaired) electrons. The molecule has 0 bridgehead atoms. The topological polar surface area (TPSA) is 152 Å². The highest BCUT2D eigenvalue weighted by atomic mass is 32.2. The maximum atomic E-state index is 12.3. The molecule has 0 fully saturated rings. The second-order valence-corrected chi connectivity index (χ2v) is 22.8. The van der Waals surface area contributed by atoms with Gasteiger partial charge < -0.3 is 14.4 Å². The van der Waals surface area contributed by atoms with Crippen molar-refractivity contribution in [1.29, 1.82) is 0 Å². The molecule has 0 spiro atoms. The van der Waals surface area contributed by atoms with Gasteiger partial charge in [0.2, 0.25) is 5.69 Å². The third-order valence-corrected chi connectivity index (χ3v) is 16.7. The lowest BCUT2D eigenvalue weighted by molar-refractivity contribution is -0.440. The van der Waals surface area contributed by atoms with Gasteiger partial charge in [-0.1, -0.05) is 97.8 Å². The summed E-state index contributed by atoms with van der Waals surface area (Å²) in [6.45, 7) is 12.7. The van der Waals surface area contributed by atoms with E-state index in [2.05, 4.69) is 158 Å². The highest BCUT2D eigenvalue weighted by molar-refractivity contribution is 7.94. The first-order chi connectivity index (χ1) is 37.5. The summed E-state index contributed by atoms with van der Waals surface area (Å²) in [5.74, 6) is -0.732. The van der Waals surface area contributed by atoms with E-state index in [0.717, 1.165) is 101 Å². The van der Waals surface area contributed by atoms with Gasteiger partial charge in [0.15, 0.2) is 24.6 Å². The Morgan fingerprint density at radius 2 is 1.28 bits per heavy atom. The normalized spacial score (nSPS) is 17.0. The fraction of sp³-hybridized carbons (Fsp3) is 0.222. The third kappa shape index (κ3) is 9.92. The summed E-state index contributed by atoms with van der Waals surface area (Å²) in [5, 5.41) is 16.3. The first-order valence-corrected chi connectivity index (χ1v) is 28.0. The molecule has 13 nitrogen and oxygen atoms in total. The first kappa shape index (κ1) is 53.9. The smallest absolute Gasteiger partial charge is 0.302 e. The van der Waals surface area contributed by atoms with Crippen LogP contribution in [0.5, 0.6) is 0 Å². The van der Waals surface area contributed by atoms with E-state index in [0.29, 0.717) is 31.3 Å². The molecule has 15 heteroatoms. The molecule has 2 heterocycles. The Kier molecular flexibility index (Phi) is 15.0. The molecule has 1 aliphatic carbocycles. The van der Waals surface area contributed by atoms with E-state index in [1.54, 1.807) is 6.07 Å². The second-order valence-electron chi connectivity index (χ2n) is 20.6. The number of esters is 2. The molecule has 2 aliphatic heterocycles. The number of fused-ring (bicyclic) bond motifs is 6. The minimum atomic E-state index is -4.45. The number of anilines is 1. The van der Waals surface area contributed by atoms with Gasteiger partial charge in [-0.25, -0.2) is 5.26 Å². The average Bonchev–Trinajstić information content (AvgIpc) is 3.65. The number of nitrogens with zero attached hydrogens (tertiary/aromatic N) is 3. The fourth-order valence-corrected chi connectivity index (χ4v) is 13.0. The Bertz CT molecular complexity index is 3680. The van der Waals surface area contributed by atoms with Crippen LogP contribution >= 0.6 is 12.0 Å². The van der Waals surface area contributed by atoms with Crippen LogP contribution in [0.1, 0.15) is 65.5 Å². The predicted octanol–water partition coefficient (Wildman–Crippen LogP) is 14.1. The molecule has 0 saturated heterocycles. The molecule has 398 valence electrons. The second kappa shape index (κ2) is 21.7. The number of para-hydroxylation sites is 3. The number of carbonyl (C=O) groups excluding carboxylic acids is 2. The lowest BCUT2D eigenvalue weighted by atomic mass is 9.79. The molecule has 0 aromatic heterocycles. The summed E-state index contributed by atoms with van der Waals surface area (Å²) in [4.78, 5) is 27.2. The monoisotopic (exact) mass is 1080 g/mol. The van der Waals surface area contributed by atoms with Gasteiger partial charge in [0, 0.05) is 101 Å². The van der Waals surface area contributed by atoms with E-state index in [-0.39, 0.29) is 34.5 Å². The van der Waals surface area contributed by atoms with Gasteiger partial charge >= 0.3 is 11.9 Å². The van der Waals surface area contributed by atoms with Gasteiger partial charge in [0.25, 0.3) is 10.1 Å². The van der Waals surface area contributed by atoms with Crippen molar-refractivity contribution in [3.8, 4) is 0 Å². The molecular formula is C63H61N3O10S2+2. The van der Waals surface area contributed by atoms with Gasteiger partial charge in [-0.15, -0.1) is 4.33 Å². The number of carbonyl (C=O) groups is 2. The van der Waals surface area contributed by atoms with Crippen LogP contribution < -0.4 is 9.38 Å². The summed E-state index contributed by atoms with van der Waals surface area (Å²) in [6.07, 6.45) is 10.4. The zero-order chi connectivity index (χ0) is 55.0. The average molecular weight is 1080 g/mol. The summed E-state index contributed by atoms with van der Waals surface area (Å²) in [7, 11) is -4.45. The van der Waals surface area contributed by atoms with Gasteiger partial charge in [0.05, 0.1) is 28.9 Å². The Balaban J connectivity index is 1.21. The zero-order valence-electron chi connectivity index (χ0n) is 44.3. The molecule has 0 amide bonds. The van der Waals surface area contributed by atoms with Crippen LogP contribution in [0.2, 0.25) is 0 Å². The van der Waals surface area contributed by atoms with Crippen LogP contribution in [0, 0.1) is 0 Å². The van der Waals surface area contributed by atoms with Crippen molar-refractivity contribution in [2.45, 2.75) is 75.0 Å². The fourth-order valence-electron chi connectivity index (χ4n) is 12.1. The highest BCUT2D eigenvalue weighted by Gasteiger charge is 2.49. The lowest BCUT2D eigenvalue weighted by Crippen LogP contribution is -2.38. The van der Waals surface area contributed by atoms with Crippen molar-refractivity contribution in [3.63, 3.8) is 0 Å². The van der Waals surface area contributed by atoms with Crippen LogP contribution in [0.15, 0.2) is 208 Å². The summed E-state index contributed by atoms with van der Waals surface area (Å²) in [6, 6.07) is 50.5. The summed E-state index contributed by atoms with van der Waals surface area (Å²) in [5.41, 5.74) is 11.2. The molecular weight excluding hydrogens is 1020 g/mol. The van der Waals surface area contributed by atoms with Crippen molar-refractivity contribution >= 4 is 89.8 Å². The number of hydrogen-bond acceptors (Lipinski definition) is 11. The maximum Gasteiger partial charge on any atom is 0.302 e. The summed E-state index contributed by atoms with van der Waals surface area (Å²) < 4.78 is 53.0. The number of hydrogen-bond donors (Lipinski definition) is 2. The Labute approximate surface area is 459 Å². The molecule has 78 heavy (non-hydrogen) atoms. The van der Waals surface area contributed by atoms with E-state index in [1.165, 1.54) is 26.0 Å². The van der Waals surface area contributed by atoms with E-state index >= 15 is 0 Å². The Morgan fingerprint density at radius 1 is 0.692 bits per heavy atom. The summed E-state index contributed by atoms with van der Waals surface area (Å²) >= 11 is 0.911. The van der Waals surface area contributed by atoms with E-state index in [4.69, 9.17) is 19.1 Å². The van der Waals surface area contributed by atoms with E-state index < -0.39 is 20.9 Å². The molecule has 10 rings (SSSR count). The predicted molar refractivity (Wildman–Crippen MR) is 307 cm³/mol. The molecule has 2 N–H and O–H groups in total. The van der Waals surface area contributed by atoms with Crippen LogP contribution in [0.3, 0.4) is 0 Å². The van der Waals surface area contributed by atoms with Crippen molar-refractivity contribution in [3.05, 3.63) is 210 Å². The van der Waals surface area contributed by atoms with Gasteiger partial charge in [0.1, 0.15) is 23.7 Å². The highest BCUT2D eigenvalue weighted by Crippen LogP contribution is 2.56. The van der Waals surface area contributed by atoms with Crippen LogP contribution in [0.4, 0.5) is 28.4 Å². The van der Waals surface area contributed by atoms with E-state index in [1.807, 2.05) is 42.5 Å². The molecule has 0 atom stereocenters. The van der Waals surface area contributed by atoms with Crippen molar-refractivity contribution in [1.82, 2.24) is 4.48 Å². The standard InChI is InChI=1S/C63H59N3O10S2/c1-42(67)73-38-36-64-55-32-24-46-40-51(77-76-75-69)28-30-53(46)59(55)62(3,4)57(64)34-26-44-22-23-45(61(44)66(48-16-10-7-11-17-48,49-18-12-8-13-19-49)50-20-14-9-15-21-50)27-35-58-63(5,6)60-54-31-29-52(78(70,71)72)41-47(54)25-33-56(60)65(58)37-39-74-43(2)68/h7-21,24-35,40-41H,22-23,36-39H2,1-6H3/p+2. The zero-order valence-corrected chi connectivity index (χ0v) is 45.9. The largest absolute Gasteiger partial charge is 0.464 e. The molecule has 0 saturated carbocycles. The van der Waals surface area contributed by atoms with Crippen molar-refractivity contribution < 1.29 is 51.2 Å². The number of quaternary nitrogens is 1. The van der Waals surface area contributed by atoms with Crippen LogP contribution in [-0.2, 0) is 49.4 Å². The Hall–Kier alpha value is -7.47. The first-order valence-electron chi connectivity index (χ1n) is 25.8. The quantitative estimate of drug-likeness (QED) is 0.0170. The van der Waals surface area contributed by atoms with E-state index in [9.17, 15) is 22.6 Å². The molecule has 0 unspecified atom stereocenters. The van der Waals surface area contributed by atoms with Gasteiger partial charge in [-0.2, -0.15) is 17.5 Å². The molecule has 7 aromatic carbocycles. The van der Waals surface area contributed by atoms with Gasteiger partial charge in [-0.05, 0) is 102 Å². The van der Waals surface area contributed by atoms with Crippen LogP contribution in [0.25, 0.3) is 21.5 Å². The minimum Gasteiger partial charge on any atom is -0.464 e. The van der Waals surface area contributed by atoms with Gasteiger partial charge in [-0.3, -0.25) is 14.1 Å². The number of ether oxygens (including phenoxy) is 2. The third-order valence-electron chi connectivity index (χ3n) is 15.3. The minimum absolute atomic E-state index is 0.135. The molecule has 7 aromatic rings. The van der Waals surface area contributed by atoms with Crippen LogP contribution in [-0.4, -0.2) is 66.8 Å². The van der Waals surface area contributed by atoms with Crippen molar-refractivity contribution in [2.24, 2.45) is 0 Å². The SMILES string of the molecule is CC(=O)OCCN1C(=CC=C2CCC(C=CC3=[N+](CCOC(C)=O)c4ccc5cc(S(=O)(=O)O)ccc5c4C3(C)C)=C2[N+](c2ccccc2)(c2ccccc2)c2ccccc2)C(C)(C)c2c1ccc1cc(SOOO)ccc21. The maximum absolute atomic E-state index is 12.3. The lowest BCUT2D eigenvalue weighted by Gasteiger charge is -2.39. The Morgan fingerprint density at radius 3 is 1.90 bits per heavy atom. The number of benzene rings is 7. The van der Waals surface area contributed by atoms with Crippen molar-refractivity contribution in [2.75, 3.05) is 31.2 Å². The number of allylic oxidation sites excluding steroid dienone is 7. The molecule has 3 aliphatic rings.